The minimum atomic E-state index is -0.215. The highest BCUT2D eigenvalue weighted by Crippen LogP contribution is 2.33. The molecule has 0 bridgehead atoms. The van der Waals surface area contributed by atoms with Crippen molar-refractivity contribution in [2.24, 2.45) is 13.0 Å². The molecule has 3 fully saturated rings. The Labute approximate surface area is 150 Å². The van der Waals surface area contributed by atoms with Gasteiger partial charge in [0.25, 0.3) is 5.91 Å². The lowest BCUT2D eigenvalue weighted by molar-refractivity contribution is -0.155. The number of ether oxygens (including phenoxy) is 1. The third-order valence-corrected chi connectivity index (χ3v) is 6.18. The van der Waals surface area contributed by atoms with Crippen LogP contribution < -0.4 is 0 Å². The highest BCUT2D eigenvalue weighted by molar-refractivity contribution is 5.81. The van der Waals surface area contributed by atoms with E-state index in [4.69, 9.17) is 4.74 Å². The van der Waals surface area contributed by atoms with E-state index in [1.807, 2.05) is 22.8 Å². The maximum Gasteiger partial charge on any atom is 0.251 e. The zero-order chi connectivity index (χ0) is 17.4. The number of fused-ring (bicyclic) bond motifs is 1. The molecule has 3 aliphatic rings. The second kappa shape index (κ2) is 7.08. The van der Waals surface area contributed by atoms with Crippen LogP contribution in [-0.2, 0) is 23.1 Å². The number of piperidine rings is 1. The number of nitrogens with zero attached hydrogens (tertiary/aromatic N) is 4. The largest absolute Gasteiger partial charge is 0.363 e. The number of carbonyl (C=O) groups excluding carboxylic acids is 1. The second-order valence-corrected chi connectivity index (χ2v) is 8.10. The molecule has 4 heterocycles. The molecule has 0 radical (unpaired) electrons. The second-order valence-electron chi connectivity index (χ2n) is 8.10. The van der Waals surface area contributed by atoms with Gasteiger partial charge in [-0.15, -0.1) is 0 Å². The van der Waals surface area contributed by atoms with E-state index in [9.17, 15) is 4.79 Å². The predicted octanol–water partition coefficient (Wildman–Crippen LogP) is 1.80. The van der Waals surface area contributed by atoms with Crippen LogP contribution in [-0.4, -0.2) is 63.4 Å². The van der Waals surface area contributed by atoms with E-state index in [-0.39, 0.29) is 18.1 Å². The Bertz CT molecular complexity index is 608. The Morgan fingerprint density at radius 3 is 2.72 bits per heavy atom. The number of carbonyl (C=O) groups is 1. The van der Waals surface area contributed by atoms with E-state index in [2.05, 4.69) is 23.1 Å². The van der Waals surface area contributed by atoms with E-state index in [0.29, 0.717) is 6.04 Å². The molecule has 0 unspecified atom stereocenters. The molecule has 1 amide bonds. The zero-order valence-electron chi connectivity index (χ0n) is 15.4. The molecule has 1 aromatic rings. The molecule has 3 atom stereocenters. The van der Waals surface area contributed by atoms with Gasteiger partial charge < -0.3 is 9.64 Å². The van der Waals surface area contributed by atoms with Crippen LogP contribution in [0, 0.1) is 5.92 Å². The van der Waals surface area contributed by atoms with E-state index >= 15 is 0 Å². The van der Waals surface area contributed by atoms with Gasteiger partial charge in [0.05, 0.1) is 12.3 Å². The van der Waals surface area contributed by atoms with Gasteiger partial charge in [0.1, 0.15) is 6.10 Å². The van der Waals surface area contributed by atoms with Gasteiger partial charge in [-0.3, -0.25) is 14.4 Å². The number of rotatable bonds is 3. The molecule has 4 rings (SSSR count). The fourth-order valence-electron chi connectivity index (χ4n) is 4.61. The molecule has 0 aliphatic carbocycles. The maximum atomic E-state index is 12.8. The average molecular weight is 346 g/mol. The molecule has 6 heteroatoms. The SMILES string of the molecule is CC1CCN(C(=O)[C@H]2CC[C@@H]3[C@@H](CCN3Cc3cnn(C)c3)O2)CC1. The fraction of sp³-hybridized carbons (Fsp3) is 0.789. The molecule has 3 saturated heterocycles. The van der Waals surface area contributed by atoms with Crippen LogP contribution in [0.5, 0.6) is 0 Å². The van der Waals surface area contributed by atoms with Crippen LogP contribution in [0.15, 0.2) is 12.4 Å². The van der Waals surface area contributed by atoms with Crippen LogP contribution in [0.25, 0.3) is 0 Å². The average Bonchev–Trinajstić information content (AvgIpc) is 3.21. The molecule has 25 heavy (non-hydrogen) atoms. The van der Waals surface area contributed by atoms with Crippen molar-refractivity contribution >= 4 is 5.91 Å². The monoisotopic (exact) mass is 346 g/mol. The van der Waals surface area contributed by atoms with Crippen molar-refractivity contribution in [2.75, 3.05) is 19.6 Å². The van der Waals surface area contributed by atoms with Crippen LogP contribution in [0.3, 0.4) is 0 Å². The van der Waals surface area contributed by atoms with E-state index in [0.717, 1.165) is 64.2 Å². The summed E-state index contributed by atoms with van der Waals surface area (Å²) in [7, 11) is 1.96. The summed E-state index contributed by atoms with van der Waals surface area (Å²) in [5.41, 5.74) is 1.25. The maximum absolute atomic E-state index is 12.8. The van der Waals surface area contributed by atoms with Crippen LogP contribution >= 0.6 is 0 Å². The summed E-state index contributed by atoms with van der Waals surface area (Å²) in [6, 6.07) is 0.450. The third-order valence-electron chi connectivity index (χ3n) is 6.18. The lowest BCUT2D eigenvalue weighted by atomic mass is 9.96. The van der Waals surface area contributed by atoms with Gasteiger partial charge in [-0.05, 0) is 38.0 Å². The Balaban J connectivity index is 1.33. The third kappa shape index (κ3) is 3.60. The van der Waals surface area contributed by atoms with E-state index in [1.165, 1.54) is 5.56 Å². The van der Waals surface area contributed by atoms with Gasteiger partial charge in [0, 0.05) is 51.0 Å². The first-order chi connectivity index (χ1) is 12.1. The molecule has 6 nitrogen and oxygen atoms in total. The number of amides is 1. The van der Waals surface area contributed by atoms with Crippen molar-refractivity contribution in [2.45, 2.75) is 63.8 Å². The highest BCUT2D eigenvalue weighted by atomic mass is 16.5. The first-order valence-corrected chi connectivity index (χ1v) is 9.76. The van der Waals surface area contributed by atoms with E-state index < -0.39 is 0 Å². The minimum Gasteiger partial charge on any atom is -0.363 e. The molecule has 0 N–H and O–H groups in total. The summed E-state index contributed by atoms with van der Waals surface area (Å²) in [4.78, 5) is 17.3. The van der Waals surface area contributed by atoms with Crippen molar-refractivity contribution in [3.63, 3.8) is 0 Å². The molecular weight excluding hydrogens is 316 g/mol. The van der Waals surface area contributed by atoms with Gasteiger partial charge in [-0.1, -0.05) is 6.92 Å². The summed E-state index contributed by atoms with van der Waals surface area (Å²) in [6.07, 6.45) is 9.23. The van der Waals surface area contributed by atoms with Gasteiger partial charge in [0.15, 0.2) is 0 Å². The minimum absolute atomic E-state index is 0.211. The van der Waals surface area contributed by atoms with Gasteiger partial charge in [0.2, 0.25) is 0 Å². The summed E-state index contributed by atoms with van der Waals surface area (Å²) < 4.78 is 8.13. The number of likely N-dealkylation sites (tertiary alicyclic amines) is 2. The smallest absolute Gasteiger partial charge is 0.251 e. The topological polar surface area (TPSA) is 50.6 Å². The Hall–Kier alpha value is -1.40. The molecule has 138 valence electrons. The molecule has 0 saturated carbocycles. The Morgan fingerprint density at radius 2 is 2.00 bits per heavy atom. The Morgan fingerprint density at radius 1 is 1.20 bits per heavy atom. The van der Waals surface area contributed by atoms with E-state index in [1.54, 1.807) is 0 Å². The van der Waals surface area contributed by atoms with Crippen LogP contribution in [0.1, 0.15) is 44.6 Å². The molecule has 3 aliphatic heterocycles. The number of hydrogen-bond donors (Lipinski definition) is 0. The molecular formula is C19H30N4O2. The number of aromatic nitrogens is 2. The predicted molar refractivity (Wildman–Crippen MR) is 94.9 cm³/mol. The van der Waals surface area contributed by atoms with Crippen molar-refractivity contribution in [1.29, 1.82) is 0 Å². The molecule has 1 aromatic heterocycles. The zero-order valence-corrected chi connectivity index (χ0v) is 15.4. The van der Waals surface area contributed by atoms with Crippen molar-refractivity contribution in [3.05, 3.63) is 18.0 Å². The van der Waals surface area contributed by atoms with Crippen molar-refractivity contribution in [3.8, 4) is 0 Å². The van der Waals surface area contributed by atoms with Crippen molar-refractivity contribution < 1.29 is 9.53 Å². The number of hydrogen-bond acceptors (Lipinski definition) is 4. The summed E-state index contributed by atoms with van der Waals surface area (Å²) in [5.74, 6) is 0.979. The lowest BCUT2D eigenvalue weighted by Crippen LogP contribution is -2.50. The first-order valence-electron chi connectivity index (χ1n) is 9.76. The summed E-state index contributed by atoms with van der Waals surface area (Å²) >= 11 is 0. The first kappa shape index (κ1) is 17.0. The fourth-order valence-corrected chi connectivity index (χ4v) is 4.61. The number of aryl methyl sites for hydroxylation is 1. The quantitative estimate of drug-likeness (QED) is 0.837. The summed E-state index contributed by atoms with van der Waals surface area (Å²) in [6.45, 7) is 6.06. The summed E-state index contributed by atoms with van der Waals surface area (Å²) in [5, 5.41) is 4.26. The lowest BCUT2D eigenvalue weighted by Gasteiger charge is -2.38. The normalized spacial score (nSPS) is 31.3. The highest BCUT2D eigenvalue weighted by Gasteiger charge is 2.42. The molecule has 0 aromatic carbocycles. The molecule has 0 spiro atoms. The van der Waals surface area contributed by atoms with Crippen LogP contribution in [0.4, 0.5) is 0 Å². The Kier molecular flexibility index (Phi) is 4.82. The van der Waals surface area contributed by atoms with Gasteiger partial charge >= 0.3 is 0 Å². The van der Waals surface area contributed by atoms with Gasteiger partial charge in [-0.25, -0.2) is 0 Å². The van der Waals surface area contributed by atoms with Gasteiger partial charge in [-0.2, -0.15) is 5.10 Å². The standard InChI is InChI=1S/C19H30N4O2/c1-14-5-8-22(9-6-14)19(24)18-4-3-16-17(25-18)7-10-23(16)13-15-11-20-21(2)12-15/h11-12,14,16-18H,3-10,13H2,1-2H3/t16-,17-,18-/m1/s1. The van der Waals surface area contributed by atoms with Crippen LogP contribution in [0.2, 0.25) is 0 Å². The van der Waals surface area contributed by atoms with Crippen molar-refractivity contribution in [1.82, 2.24) is 19.6 Å².